The Bertz CT molecular complexity index is 327. The molecule has 0 aliphatic heterocycles. The largest absolute Gasteiger partial charge is 0.465 e. The predicted molar refractivity (Wildman–Crippen MR) is 91.0 cm³/mol. The highest BCUT2D eigenvalue weighted by Gasteiger charge is 2.33. The van der Waals surface area contributed by atoms with Gasteiger partial charge in [0.2, 0.25) is 0 Å². The second-order valence-electron chi connectivity index (χ2n) is 6.67. The van der Waals surface area contributed by atoms with Gasteiger partial charge in [-0.05, 0) is 32.1 Å². The second kappa shape index (κ2) is 11.5. The van der Waals surface area contributed by atoms with E-state index in [1.165, 1.54) is 38.5 Å². The van der Waals surface area contributed by atoms with E-state index in [4.69, 9.17) is 9.47 Å². The molecule has 1 saturated carbocycles. The van der Waals surface area contributed by atoms with E-state index in [0.717, 1.165) is 18.8 Å². The molecule has 0 amide bonds. The minimum absolute atomic E-state index is 0.304. The number of hydrogen-bond donors (Lipinski definition) is 0. The number of hydrogen-bond acceptors (Lipinski definition) is 4. The summed E-state index contributed by atoms with van der Waals surface area (Å²) >= 11 is 0. The van der Waals surface area contributed by atoms with Crippen LogP contribution in [0.15, 0.2) is 0 Å². The van der Waals surface area contributed by atoms with Crippen LogP contribution in [0.3, 0.4) is 0 Å². The molecule has 4 heteroatoms. The lowest BCUT2D eigenvalue weighted by molar-refractivity contribution is -0.162. The van der Waals surface area contributed by atoms with Gasteiger partial charge in [-0.25, -0.2) is 0 Å². The molecule has 0 unspecified atom stereocenters. The van der Waals surface area contributed by atoms with Gasteiger partial charge >= 0.3 is 11.9 Å². The fraction of sp³-hybridized carbons (Fsp3) is 0.895. The molecule has 0 saturated heterocycles. The zero-order valence-corrected chi connectivity index (χ0v) is 15.1. The van der Waals surface area contributed by atoms with Crippen molar-refractivity contribution < 1.29 is 19.1 Å². The minimum Gasteiger partial charge on any atom is -0.465 e. The molecule has 23 heavy (non-hydrogen) atoms. The van der Waals surface area contributed by atoms with Crippen molar-refractivity contribution in [1.82, 2.24) is 0 Å². The topological polar surface area (TPSA) is 52.6 Å². The Kier molecular flexibility index (Phi) is 9.97. The second-order valence-corrected chi connectivity index (χ2v) is 6.67. The molecule has 0 N–H and O–H groups in total. The lowest BCUT2D eigenvalue weighted by Crippen LogP contribution is -2.31. The van der Waals surface area contributed by atoms with Gasteiger partial charge in [-0.2, -0.15) is 0 Å². The highest BCUT2D eigenvalue weighted by molar-refractivity contribution is 5.94. The van der Waals surface area contributed by atoms with Gasteiger partial charge in [-0.1, -0.05) is 58.3 Å². The van der Waals surface area contributed by atoms with Crippen molar-refractivity contribution in [3.05, 3.63) is 0 Å². The van der Waals surface area contributed by atoms with Crippen LogP contribution < -0.4 is 0 Å². The maximum Gasteiger partial charge on any atom is 0.320 e. The first kappa shape index (κ1) is 20.0. The average Bonchev–Trinajstić information content (AvgIpc) is 2.54. The maximum atomic E-state index is 12.0. The van der Waals surface area contributed by atoms with Crippen LogP contribution in [0.2, 0.25) is 0 Å². The molecule has 1 aliphatic carbocycles. The molecule has 0 aromatic carbocycles. The third kappa shape index (κ3) is 7.36. The van der Waals surface area contributed by atoms with Crippen LogP contribution in [-0.4, -0.2) is 25.2 Å². The molecule has 0 aromatic rings. The molecule has 0 aromatic heterocycles. The maximum absolute atomic E-state index is 12.0. The molecule has 0 heterocycles. The van der Waals surface area contributed by atoms with Crippen LogP contribution in [0, 0.1) is 17.8 Å². The first-order valence-electron chi connectivity index (χ1n) is 9.45. The van der Waals surface area contributed by atoms with E-state index in [1.54, 1.807) is 13.8 Å². The molecule has 0 spiro atoms. The Morgan fingerprint density at radius 2 is 1.39 bits per heavy atom. The summed E-state index contributed by atoms with van der Waals surface area (Å²) in [5, 5.41) is 0. The molecule has 1 aliphatic rings. The lowest BCUT2D eigenvalue weighted by atomic mass is 9.76. The van der Waals surface area contributed by atoms with Crippen molar-refractivity contribution in [3.8, 4) is 0 Å². The van der Waals surface area contributed by atoms with Crippen molar-refractivity contribution in [2.75, 3.05) is 13.2 Å². The highest BCUT2D eigenvalue weighted by Crippen LogP contribution is 2.35. The van der Waals surface area contributed by atoms with Gasteiger partial charge in [0, 0.05) is 0 Å². The van der Waals surface area contributed by atoms with E-state index in [2.05, 4.69) is 6.92 Å². The van der Waals surface area contributed by atoms with Gasteiger partial charge in [-0.15, -0.1) is 0 Å². The Morgan fingerprint density at radius 1 is 0.870 bits per heavy atom. The van der Waals surface area contributed by atoms with Gasteiger partial charge in [0.05, 0.1) is 13.2 Å². The molecule has 4 nitrogen and oxygen atoms in total. The summed E-state index contributed by atoms with van der Waals surface area (Å²) in [5.74, 6) is -0.304. The van der Waals surface area contributed by atoms with Crippen LogP contribution >= 0.6 is 0 Å². The Labute approximate surface area is 141 Å². The summed E-state index contributed by atoms with van der Waals surface area (Å²) < 4.78 is 10.1. The van der Waals surface area contributed by atoms with E-state index < -0.39 is 17.9 Å². The number of unbranched alkanes of at least 4 members (excludes halogenated alkanes) is 2. The molecular weight excluding hydrogens is 292 g/mol. The van der Waals surface area contributed by atoms with Crippen LogP contribution in [0.1, 0.15) is 78.6 Å². The third-order valence-electron chi connectivity index (χ3n) is 4.89. The van der Waals surface area contributed by atoms with E-state index in [0.29, 0.717) is 25.6 Å². The summed E-state index contributed by atoms with van der Waals surface area (Å²) in [6.07, 6.45) is 10.5. The first-order valence-corrected chi connectivity index (χ1v) is 9.45. The summed E-state index contributed by atoms with van der Waals surface area (Å²) in [5.41, 5.74) is 0. The van der Waals surface area contributed by atoms with Crippen molar-refractivity contribution in [2.45, 2.75) is 78.6 Å². The van der Waals surface area contributed by atoms with Crippen LogP contribution in [0.4, 0.5) is 0 Å². The third-order valence-corrected chi connectivity index (χ3v) is 4.89. The fourth-order valence-corrected chi connectivity index (χ4v) is 3.55. The van der Waals surface area contributed by atoms with Gasteiger partial charge in [-0.3, -0.25) is 9.59 Å². The normalized spacial score (nSPS) is 21.2. The Morgan fingerprint density at radius 3 is 1.87 bits per heavy atom. The molecule has 0 radical (unpaired) electrons. The molecule has 0 bridgehead atoms. The van der Waals surface area contributed by atoms with Crippen LogP contribution in [-0.2, 0) is 19.1 Å². The fourth-order valence-electron chi connectivity index (χ4n) is 3.55. The highest BCUT2D eigenvalue weighted by atomic mass is 16.6. The SMILES string of the molecule is CCCCC[C@H]1CC[C@H](CC(C(=O)OCC)C(=O)OCC)CC1. The minimum atomic E-state index is -0.739. The Balaban J connectivity index is 2.44. The van der Waals surface area contributed by atoms with Crippen LogP contribution in [0.5, 0.6) is 0 Å². The van der Waals surface area contributed by atoms with E-state index in [1.807, 2.05) is 0 Å². The quantitative estimate of drug-likeness (QED) is 0.337. The van der Waals surface area contributed by atoms with Crippen molar-refractivity contribution >= 4 is 11.9 Å². The number of esters is 2. The van der Waals surface area contributed by atoms with E-state index >= 15 is 0 Å². The summed E-state index contributed by atoms with van der Waals surface area (Å²) in [6.45, 7) is 6.38. The number of ether oxygens (including phenoxy) is 2. The molecule has 0 atom stereocenters. The van der Waals surface area contributed by atoms with Crippen LogP contribution in [0.25, 0.3) is 0 Å². The number of carbonyl (C=O) groups excluding carboxylic acids is 2. The zero-order valence-electron chi connectivity index (χ0n) is 15.1. The summed E-state index contributed by atoms with van der Waals surface area (Å²) in [4.78, 5) is 24.1. The van der Waals surface area contributed by atoms with Gasteiger partial charge < -0.3 is 9.47 Å². The van der Waals surface area contributed by atoms with Crippen molar-refractivity contribution in [3.63, 3.8) is 0 Å². The first-order chi connectivity index (χ1) is 11.1. The number of carbonyl (C=O) groups is 2. The lowest BCUT2D eigenvalue weighted by Gasteiger charge is -2.30. The van der Waals surface area contributed by atoms with E-state index in [-0.39, 0.29) is 0 Å². The zero-order chi connectivity index (χ0) is 17.1. The van der Waals surface area contributed by atoms with Crippen molar-refractivity contribution in [1.29, 1.82) is 0 Å². The van der Waals surface area contributed by atoms with E-state index in [9.17, 15) is 9.59 Å². The number of rotatable bonds is 10. The average molecular weight is 326 g/mol. The smallest absolute Gasteiger partial charge is 0.320 e. The molecular formula is C19H34O4. The molecule has 1 rings (SSSR count). The van der Waals surface area contributed by atoms with Crippen molar-refractivity contribution in [2.24, 2.45) is 17.8 Å². The Hall–Kier alpha value is -1.06. The summed E-state index contributed by atoms with van der Waals surface area (Å²) in [6, 6.07) is 0. The van der Waals surface area contributed by atoms with Gasteiger partial charge in [0.25, 0.3) is 0 Å². The standard InChI is InChI=1S/C19H34O4/c1-4-7-8-9-15-10-12-16(13-11-15)14-17(18(20)22-5-2)19(21)23-6-3/h15-17H,4-14H2,1-3H3/t15-,16-. The molecule has 134 valence electrons. The molecule has 1 fully saturated rings. The van der Waals surface area contributed by atoms with Gasteiger partial charge in [0.15, 0.2) is 5.92 Å². The van der Waals surface area contributed by atoms with Gasteiger partial charge in [0.1, 0.15) is 0 Å². The predicted octanol–water partition coefficient (Wildman–Crippen LogP) is 4.51. The summed E-state index contributed by atoms with van der Waals surface area (Å²) in [7, 11) is 0. The monoisotopic (exact) mass is 326 g/mol.